The zero-order chi connectivity index (χ0) is 36.6. The maximum atomic E-state index is 5.47. The topological polar surface area (TPSA) is 67.3 Å². The van der Waals surface area contributed by atoms with Gasteiger partial charge in [0.25, 0.3) is 0 Å². The number of nitrogens with zero attached hydrogens (tertiary/aromatic N) is 4. The van der Waals surface area contributed by atoms with Gasteiger partial charge in [0.2, 0.25) is 5.96 Å². The van der Waals surface area contributed by atoms with Crippen molar-refractivity contribution in [2.45, 2.75) is 233 Å². The van der Waals surface area contributed by atoms with E-state index in [0.717, 1.165) is 44.0 Å². The molecule has 0 bridgehead atoms. The van der Waals surface area contributed by atoms with Crippen molar-refractivity contribution in [3.05, 3.63) is 0 Å². The van der Waals surface area contributed by atoms with Crippen LogP contribution in [0.25, 0.3) is 0 Å². The molecule has 0 amide bonds. The molecule has 3 aliphatic heterocycles. The molecule has 48 heavy (non-hydrogen) atoms. The molecule has 2 saturated heterocycles. The van der Waals surface area contributed by atoms with E-state index >= 15 is 0 Å². The van der Waals surface area contributed by atoms with Crippen LogP contribution in [0, 0.1) is 5.41 Å². The summed E-state index contributed by atoms with van der Waals surface area (Å²) < 4.78 is 0. The van der Waals surface area contributed by atoms with Crippen molar-refractivity contribution in [1.82, 2.24) is 25.8 Å². The first-order valence-corrected chi connectivity index (χ1v) is 19.7. The standard InChI is InChI=1S/C41H81N7/c1-18-41(17)33(43-40(15,16)29-35(4,5)6)42-34(44-41)48(32-27-38(11,12)46-39(13,14)28-32)24-22-20-19-21-23-47(30(2)3)31-25-36(7,8)45-37(9,10)26-31/h30-32,45-46H,18-29H2,1-17H3,(H,42,43,44). The van der Waals surface area contributed by atoms with Gasteiger partial charge in [-0.05, 0) is 153 Å². The zero-order valence-corrected chi connectivity index (χ0v) is 35.0. The summed E-state index contributed by atoms with van der Waals surface area (Å²) in [6.45, 7) is 42.0. The predicted octanol–water partition coefficient (Wildman–Crippen LogP) is 8.92. The van der Waals surface area contributed by atoms with Crippen LogP contribution < -0.4 is 16.0 Å². The van der Waals surface area contributed by atoms with Gasteiger partial charge >= 0.3 is 0 Å². The van der Waals surface area contributed by atoms with Crippen LogP contribution in [0.2, 0.25) is 0 Å². The van der Waals surface area contributed by atoms with Crippen molar-refractivity contribution in [2.24, 2.45) is 15.4 Å². The molecular formula is C41H81N7. The van der Waals surface area contributed by atoms with Crippen LogP contribution in [0.1, 0.15) is 182 Å². The van der Waals surface area contributed by atoms with Gasteiger partial charge in [-0.2, -0.15) is 0 Å². The molecule has 1 atom stereocenters. The Morgan fingerprint density at radius 2 is 1.19 bits per heavy atom. The number of piperidine rings is 2. The monoisotopic (exact) mass is 672 g/mol. The largest absolute Gasteiger partial charge is 0.340 e. The third kappa shape index (κ3) is 12.0. The van der Waals surface area contributed by atoms with Gasteiger partial charge in [-0.15, -0.1) is 0 Å². The van der Waals surface area contributed by atoms with E-state index in [0.29, 0.717) is 18.1 Å². The van der Waals surface area contributed by atoms with E-state index < -0.39 is 0 Å². The van der Waals surface area contributed by atoms with E-state index in [-0.39, 0.29) is 38.6 Å². The maximum absolute atomic E-state index is 5.47. The fourth-order valence-corrected chi connectivity index (χ4v) is 9.97. The Labute approximate surface area is 298 Å². The zero-order valence-electron chi connectivity index (χ0n) is 35.0. The van der Waals surface area contributed by atoms with Crippen LogP contribution in [0.15, 0.2) is 9.98 Å². The quantitative estimate of drug-likeness (QED) is 0.171. The average Bonchev–Trinajstić information content (AvgIpc) is 3.15. The molecule has 0 spiro atoms. The van der Waals surface area contributed by atoms with Gasteiger partial charge in [0, 0.05) is 46.8 Å². The van der Waals surface area contributed by atoms with Gasteiger partial charge in [-0.3, -0.25) is 9.89 Å². The summed E-state index contributed by atoms with van der Waals surface area (Å²) in [4.78, 5) is 16.3. The number of guanidine groups is 1. The molecule has 1 unspecified atom stereocenters. The average molecular weight is 672 g/mol. The van der Waals surface area contributed by atoms with Gasteiger partial charge < -0.3 is 20.9 Å². The lowest BCUT2D eigenvalue weighted by Gasteiger charge is -2.50. The van der Waals surface area contributed by atoms with Crippen LogP contribution in [-0.2, 0) is 0 Å². The van der Waals surface area contributed by atoms with E-state index in [2.05, 4.69) is 143 Å². The summed E-state index contributed by atoms with van der Waals surface area (Å²) in [6.07, 6.45) is 11.6. The van der Waals surface area contributed by atoms with Crippen LogP contribution in [0.4, 0.5) is 0 Å². The van der Waals surface area contributed by atoms with Crippen molar-refractivity contribution < 1.29 is 0 Å². The summed E-state index contributed by atoms with van der Waals surface area (Å²) in [5.41, 5.74) is 0.234. The SMILES string of the molecule is CCC1(C)N=C(N(CCCCCCN(C(C)C)C2CC(C)(C)NC(C)(C)C2)C2CC(C)(C)NC(C)(C)C2)NC1=NC(C)(C)CC(C)(C)C. The summed E-state index contributed by atoms with van der Waals surface area (Å²) in [6, 6.07) is 1.64. The van der Waals surface area contributed by atoms with E-state index in [9.17, 15) is 0 Å². The third-order valence-electron chi connectivity index (χ3n) is 10.9. The first kappa shape index (κ1) is 41.2. The minimum atomic E-state index is -0.321. The van der Waals surface area contributed by atoms with Gasteiger partial charge in [0.15, 0.2) is 0 Å². The predicted molar refractivity (Wildman–Crippen MR) is 211 cm³/mol. The lowest BCUT2D eigenvalue weighted by Crippen LogP contribution is -2.63. The van der Waals surface area contributed by atoms with Gasteiger partial charge in [0.05, 0.1) is 5.54 Å². The molecular weight excluding hydrogens is 591 g/mol. The minimum absolute atomic E-state index is 0.0710. The van der Waals surface area contributed by atoms with E-state index in [1.54, 1.807) is 0 Å². The lowest BCUT2D eigenvalue weighted by atomic mass is 9.78. The summed E-state index contributed by atoms with van der Waals surface area (Å²) in [5, 5.41) is 11.7. The normalized spacial score (nSPS) is 27.1. The highest BCUT2D eigenvalue weighted by Crippen LogP contribution is 2.36. The Kier molecular flexibility index (Phi) is 12.7. The Morgan fingerprint density at radius 1 is 0.729 bits per heavy atom. The van der Waals surface area contributed by atoms with Crippen LogP contribution in [-0.4, -0.2) is 86.0 Å². The van der Waals surface area contributed by atoms with Gasteiger partial charge in [-0.25, -0.2) is 4.99 Å². The minimum Gasteiger partial charge on any atom is -0.340 e. The Hall–Kier alpha value is -1.18. The van der Waals surface area contributed by atoms with Crippen molar-refractivity contribution in [3.63, 3.8) is 0 Å². The number of amidine groups is 1. The molecule has 3 rings (SSSR count). The molecule has 0 aromatic heterocycles. The highest BCUT2D eigenvalue weighted by Gasteiger charge is 2.45. The smallest absolute Gasteiger partial charge is 0.200 e. The van der Waals surface area contributed by atoms with Gasteiger partial charge in [-0.1, -0.05) is 40.5 Å². The number of aliphatic imine (C=N–C) groups is 2. The van der Waals surface area contributed by atoms with Crippen LogP contribution >= 0.6 is 0 Å². The summed E-state index contributed by atoms with van der Waals surface area (Å²) >= 11 is 0. The highest BCUT2D eigenvalue weighted by molar-refractivity contribution is 6.10. The van der Waals surface area contributed by atoms with E-state index in [1.165, 1.54) is 45.1 Å². The Bertz CT molecular complexity index is 1090. The Balaban J connectivity index is 1.74. The fraction of sp³-hybridized carbons (Fsp3) is 0.951. The van der Waals surface area contributed by atoms with Crippen molar-refractivity contribution in [1.29, 1.82) is 0 Å². The van der Waals surface area contributed by atoms with Crippen LogP contribution in [0.3, 0.4) is 0 Å². The summed E-state index contributed by atoms with van der Waals surface area (Å²) in [7, 11) is 0. The van der Waals surface area contributed by atoms with E-state index in [1.807, 2.05) is 0 Å². The number of unbranched alkanes of at least 4 members (excludes halogenated alkanes) is 3. The lowest BCUT2D eigenvalue weighted by molar-refractivity contribution is 0.0465. The first-order chi connectivity index (χ1) is 21.7. The van der Waals surface area contributed by atoms with Crippen molar-refractivity contribution >= 4 is 11.8 Å². The second kappa shape index (κ2) is 14.8. The third-order valence-corrected chi connectivity index (χ3v) is 10.9. The number of nitrogens with one attached hydrogen (secondary N) is 3. The summed E-state index contributed by atoms with van der Waals surface area (Å²) in [5.74, 6) is 2.09. The van der Waals surface area contributed by atoms with Gasteiger partial charge in [0.1, 0.15) is 11.4 Å². The molecule has 0 radical (unpaired) electrons. The number of hydrogen-bond acceptors (Lipinski definition) is 6. The molecule has 7 nitrogen and oxygen atoms in total. The molecule has 0 aromatic carbocycles. The van der Waals surface area contributed by atoms with Crippen molar-refractivity contribution in [3.8, 4) is 0 Å². The molecule has 0 aliphatic carbocycles. The molecule has 0 saturated carbocycles. The van der Waals surface area contributed by atoms with Crippen LogP contribution in [0.5, 0.6) is 0 Å². The van der Waals surface area contributed by atoms with Crippen molar-refractivity contribution in [2.75, 3.05) is 13.1 Å². The maximum Gasteiger partial charge on any atom is 0.200 e. The molecule has 280 valence electrons. The fourth-order valence-electron chi connectivity index (χ4n) is 9.97. The first-order valence-electron chi connectivity index (χ1n) is 19.7. The number of hydrogen-bond donors (Lipinski definition) is 3. The molecule has 7 heteroatoms. The second-order valence-electron chi connectivity index (χ2n) is 21.0. The van der Waals surface area contributed by atoms with E-state index in [4.69, 9.17) is 9.98 Å². The molecule has 2 fully saturated rings. The Morgan fingerprint density at radius 3 is 1.62 bits per heavy atom. The molecule has 3 N–H and O–H groups in total. The molecule has 0 aromatic rings. The number of rotatable bonds is 13. The molecule has 3 heterocycles. The highest BCUT2D eigenvalue weighted by atomic mass is 15.4. The molecule has 3 aliphatic rings. The second-order valence-corrected chi connectivity index (χ2v) is 21.0.